The van der Waals surface area contributed by atoms with E-state index in [1.165, 1.54) is 4.68 Å². The quantitative estimate of drug-likeness (QED) is 0.451. The highest BCUT2D eigenvalue weighted by Crippen LogP contribution is 2.38. The van der Waals surface area contributed by atoms with Gasteiger partial charge >= 0.3 is 0 Å². The Labute approximate surface area is 205 Å². The first-order valence-electron chi connectivity index (χ1n) is 11.2. The highest BCUT2D eigenvalue weighted by Gasteiger charge is 2.21. The minimum absolute atomic E-state index is 0.0692. The van der Waals surface area contributed by atoms with Gasteiger partial charge in [0.2, 0.25) is 11.8 Å². The van der Waals surface area contributed by atoms with E-state index in [2.05, 4.69) is 30.5 Å². The molecule has 0 aromatic carbocycles. The van der Waals surface area contributed by atoms with Gasteiger partial charge in [0, 0.05) is 50.7 Å². The van der Waals surface area contributed by atoms with Gasteiger partial charge in [-0.1, -0.05) is 0 Å². The van der Waals surface area contributed by atoms with E-state index in [4.69, 9.17) is 14.2 Å². The average molecular weight is 498 g/mol. The van der Waals surface area contributed by atoms with Crippen LogP contribution in [-0.2, 0) is 14.1 Å². The van der Waals surface area contributed by atoms with Gasteiger partial charge in [0.15, 0.2) is 12.4 Å². The number of fused-ring (bicyclic) bond motifs is 6. The van der Waals surface area contributed by atoms with Crippen LogP contribution in [0.1, 0.15) is 13.3 Å². The Balaban J connectivity index is 1.55. The third kappa shape index (κ3) is 4.90. The number of hydrogen-bond acceptors (Lipinski definition) is 9. The molecule has 0 spiro atoms. The molecule has 188 valence electrons. The standard InChI is InChI=1S/C23H24F2N8O3/c1-13-5-7-34-23-15(10-28-33(23)3)21-26-6-4-19(30-21)29-20-8-17(36-13)14(9-27-20)16-11-32(2)31-22(16)35-12-18(24)25/h4,6,8-11,13,18H,5,7,12H2,1-3H3,(H,26,27,29,30)/t13-/m0/s1. The van der Waals surface area contributed by atoms with E-state index in [1.54, 1.807) is 55.7 Å². The number of aryl methyl sites for hydroxylation is 2. The lowest BCUT2D eigenvalue weighted by molar-refractivity contribution is 0.0795. The van der Waals surface area contributed by atoms with Crippen LogP contribution in [0.2, 0.25) is 0 Å². The molecule has 1 aliphatic heterocycles. The summed E-state index contributed by atoms with van der Waals surface area (Å²) in [6.07, 6.45) is 4.21. The molecule has 4 bridgehead atoms. The number of hydrogen-bond donors (Lipinski definition) is 1. The third-order valence-corrected chi connectivity index (χ3v) is 5.43. The molecule has 0 radical (unpaired) electrons. The molecule has 5 rings (SSSR count). The smallest absolute Gasteiger partial charge is 0.272 e. The lowest BCUT2D eigenvalue weighted by Gasteiger charge is -2.19. The Morgan fingerprint density at radius 1 is 1.17 bits per heavy atom. The molecule has 0 saturated heterocycles. The number of rotatable bonds is 4. The number of aromatic nitrogens is 7. The summed E-state index contributed by atoms with van der Waals surface area (Å²) >= 11 is 0. The predicted octanol–water partition coefficient (Wildman–Crippen LogP) is 3.61. The van der Waals surface area contributed by atoms with Gasteiger partial charge in [-0.2, -0.15) is 5.10 Å². The Bertz CT molecular complexity index is 1370. The zero-order chi connectivity index (χ0) is 25.2. The van der Waals surface area contributed by atoms with Crippen molar-refractivity contribution in [3.05, 3.63) is 36.9 Å². The lowest BCUT2D eigenvalue weighted by atomic mass is 10.1. The molecule has 11 nitrogen and oxygen atoms in total. The fraction of sp³-hybridized carbons (Fsp3) is 0.348. The zero-order valence-corrected chi connectivity index (χ0v) is 19.9. The largest absolute Gasteiger partial charge is 0.490 e. The average Bonchev–Trinajstić information content (AvgIpc) is 3.39. The van der Waals surface area contributed by atoms with Gasteiger partial charge < -0.3 is 19.5 Å². The summed E-state index contributed by atoms with van der Waals surface area (Å²) in [7, 11) is 3.47. The molecule has 13 heteroatoms. The molecule has 36 heavy (non-hydrogen) atoms. The van der Waals surface area contributed by atoms with Crippen LogP contribution in [0.4, 0.5) is 20.4 Å². The van der Waals surface area contributed by atoms with Gasteiger partial charge in [-0.05, 0) is 13.0 Å². The van der Waals surface area contributed by atoms with Crippen molar-refractivity contribution < 1.29 is 23.0 Å². The van der Waals surface area contributed by atoms with Gasteiger partial charge in [-0.25, -0.2) is 28.4 Å². The molecular formula is C23H24F2N8O3. The monoisotopic (exact) mass is 498 g/mol. The fourth-order valence-electron chi connectivity index (χ4n) is 3.74. The molecule has 1 N–H and O–H groups in total. The van der Waals surface area contributed by atoms with Crippen LogP contribution in [0.3, 0.4) is 0 Å². The normalized spacial score (nSPS) is 15.3. The molecule has 1 atom stereocenters. The maximum Gasteiger partial charge on any atom is 0.272 e. The first kappa shape index (κ1) is 23.5. The molecule has 4 aromatic heterocycles. The number of anilines is 2. The summed E-state index contributed by atoms with van der Waals surface area (Å²) in [5.41, 5.74) is 1.71. The van der Waals surface area contributed by atoms with Crippen molar-refractivity contribution >= 4 is 11.6 Å². The van der Waals surface area contributed by atoms with E-state index < -0.39 is 13.0 Å². The third-order valence-electron chi connectivity index (χ3n) is 5.43. The molecule has 0 fully saturated rings. The number of alkyl halides is 2. The number of nitrogens with one attached hydrogen (secondary N) is 1. The minimum atomic E-state index is -2.63. The van der Waals surface area contributed by atoms with Gasteiger partial charge in [0.1, 0.15) is 22.9 Å². The second-order valence-electron chi connectivity index (χ2n) is 8.23. The summed E-state index contributed by atoms with van der Waals surface area (Å²) in [5, 5.41) is 11.6. The maximum absolute atomic E-state index is 12.8. The number of ether oxygens (including phenoxy) is 3. The van der Waals surface area contributed by atoms with Crippen LogP contribution in [0.5, 0.6) is 17.5 Å². The number of nitrogens with zero attached hydrogens (tertiary/aromatic N) is 7. The molecule has 0 amide bonds. The van der Waals surface area contributed by atoms with Crippen LogP contribution in [0.25, 0.3) is 22.5 Å². The van der Waals surface area contributed by atoms with Crippen molar-refractivity contribution in [2.75, 3.05) is 18.5 Å². The van der Waals surface area contributed by atoms with Crippen LogP contribution < -0.4 is 19.5 Å². The van der Waals surface area contributed by atoms with Crippen molar-refractivity contribution in [2.45, 2.75) is 25.9 Å². The molecule has 0 aliphatic carbocycles. The molecule has 0 unspecified atom stereocenters. The second kappa shape index (κ2) is 9.76. The topological polar surface area (TPSA) is 114 Å². The number of pyridine rings is 1. The Hall–Kier alpha value is -4.29. The van der Waals surface area contributed by atoms with Crippen molar-refractivity contribution in [1.82, 2.24) is 34.5 Å². The molecule has 1 aliphatic rings. The first-order valence-corrected chi connectivity index (χ1v) is 11.2. The Morgan fingerprint density at radius 2 is 2.03 bits per heavy atom. The van der Waals surface area contributed by atoms with E-state index in [1.807, 2.05) is 6.92 Å². The first-order chi connectivity index (χ1) is 17.4. The minimum Gasteiger partial charge on any atom is -0.490 e. The van der Waals surface area contributed by atoms with E-state index in [0.717, 1.165) is 0 Å². The lowest BCUT2D eigenvalue weighted by Crippen LogP contribution is -2.17. The summed E-state index contributed by atoms with van der Waals surface area (Å²) in [4.78, 5) is 13.4. The summed E-state index contributed by atoms with van der Waals surface area (Å²) in [6, 6.07) is 3.43. The van der Waals surface area contributed by atoms with Crippen molar-refractivity contribution in [3.63, 3.8) is 0 Å². The Morgan fingerprint density at radius 3 is 2.86 bits per heavy atom. The van der Waals surface area contributed by atoms with Crippen LogP contribution in [-0.4, -0.2) is 60.3 Å². The van der Waals surface area contributed by atoms with Gasteiger partial charge in [-0.15, -0.1) is 5.10 Å². The van der Waals surface area contributed by atoms with E-state index >= 15 is 0 Å². The molecule has 5 heterocycles. The zero-order valence-electron chi connectivity index (χ0n) is 19.9. The SMILES string of the molecule is C[C@H]1CCOc2c(cnn2C)-c2nccc(n2)Nc2cc(c(-c3cn(C)nc3OCC(F)F)cn2)O1. The maximum atomic E-state index is 12.8. The van der Waals surface area contributed by atoms with E-state index in [0.29, 0.717) is 58.8 Å². The fourth-order valence-corrected chi connectivity index (χ4v) is 3.74. The highest BCUT2D eigenvalue weighted by molar-refractivity contribution is 5.75. The van der Waals surface area contributed by atoms with Crippen LogP contribution >= 0.6 is 0 Å². The summed E-state index contributed by atoms with van der Waals surface area (Å²) in [5.74, 6) is 2.53. The van der Waals surface area contributed by atoms with Crippen molar-refractivity contribution in [3.8, 4) is 40.0 Å². The van der Waals surface area contributed by atoms with E-state index in [9.17, 15) is 8.78 Å². The molecule has 4 aromatic rings. The second-order valence-corrected chi connectivity index (χ2v) is 8.23. The van der Waals surface area contributed by atoms with Crippen LogP contribution in [0.15, 0.2) is 36.9 Å². The van der Waals surface area contributed by atoms with Crippen molar-refractivity contribution in [2.24, 2.45) is 14.1 Å². The van der Waals surface area contributed by atoms with Gasteiger partial charge in [-0.3, -0.25) is 4.68 Å². The summed E-state index contributed by atoms with van der Waals surface area (Å²) < 4.78 is 46.2. The number of halogens is 2. The molecule has 0 saturated carbocycles. The van der Waals surface area contributed by atoms with Gasteiger partial charge in [0.25, 0.3) is 6.43 Å². The van der Waals surface area contributed by atoms with E-state index in [-0.39, 0.29) is 12.0 Å². The van der Waals surface area contributed by atoms with Crippen LogP contribution in [0, 0.1) is 0 Å². The highest BCUT2D eigenvalue weighted by atomic mass is 19.3. The van der Waals surface area contributed by atoms with Gasteiger partial charge in [0.05, 0.1) is 24.5 Å². The summed E-state index contributed by atoms with van der Waals surface area (Å²) in [6.45, 7) is 1.50. The molecular weight excluding hydrogens is 474 g/mol. The Kier molecular flexibility index (Phi) is 6.36. The predicted molar refractivity (Wildman–Crippen MR) is 126 cm³/mol. The van der Waals surface area contributed by atoms with Crippen molar-refractivity contribution in [1.29, 1.82) is 0 Å².